The topological polar surface area (TPSA) is 68.6 Å². The Labute approximate surface area is 117 Å². The van der Waals surface area contributed by atoms with Gasteiger partial charge in [-0.15, -0.1) is 5.10 Å². The Morgan fingerprint density at radius 2 is 2.25 bits per heavy atom. The Morgan fingerprint density at radius 3 is 2.95 bits per heavy atom. The zero-order chi connectivity index (χ0) is 14.2. The summed E-state index contributed by atoms with van der Waals surface area (Å²) in [6.45, 7) is 6.48. The first kappa shape index (κ1) is 13.3. The summed E-state index contributed by atoms with van der Waals surface area (Å²) in [5, 5.41) is 4.35. The monoisotopic (exact) mass is 275 g/mol. The summed E-state index contributed by atoms with van der Waals surface area (Å²) in [7, 11) is 0. The molecule has 1 saturated heterocycles. The van der Waals surface area contributed by atoms with E-state index < -0.39 is 0 Å². The van der Waals surface area contributed by atoms with E-state index in [2.05, 4.69) is 16.9 Å². The summed E-state index contributed by atoms with van der Waals surface area (Å²) in [5.41, 5.74) is 6.67. The van der Waals surface area contributed by atoms with E-state index in [0.717, 1.165) is 32.6 Å². The third kappa shape index (κ3) is 2.36. The third-order valence-electron chi connectivity index (χ3n) is 4.25. The fourth-order valence-corrected chi connectivity index (χ4v) is 2.83. The predicted octanol–water partition coefficient (Wildman–Crippen LogP) is 0.167. The van der Waals surface area contributed by atoms with Crippen LogP contribution in [-0.4, -0.2) is 45.3 Å². The lowest BCUT2D eigenvalue weighted by atomic mass is 9.90. The zero-order valence-corrected chi connectivity index (χ0v) is 11.8. The number of rotatable bonds is 4. The Balaban J connectivity index is 1.69. The lowest BCUT2D eigenvalue weighted by molar-refractivity contribution is 0.267. The molecule has 0 aliphatic carbocycles. The minimum absolute atomic E-state index is 0.0682. The van der Waals surface area contributed by atoms with Gasteiger partial charge in [0, 0.05) is 19.3 Å². The number of fused-ring (bicyclic) bond motifs is 1. The molecule has 2 aromatic rings. The molecule has 2 N–H and O–H groups in total. The quantitative estimate of drug-likeness (QED) is 0.863. The molecule has 1 fully saturated rings. The molecule has 0 radical (unpaired) electrons. The molecule has 3 heterocycles. The summed E-state index contributed by atoms with van der Waals surface area (Å²) in [6.07, 6.45) is 2.88. The molecule has 0 bridgehead atoms. The normalized spacial score (nSPS) is 23.7. The lowest BCUT2D eigenvalue weighted by Gasteiger charge is -2.22. The van der Waals surface area contributed by atoms with Gasteiger partial charge in [-0.25, -0.2) is 9.48 Å². The summed E-state index contributed by atoms with van der Waals surface area (Å²) in [4.78, 5) is 14.5. The van der Waals surface area contributed by atoms with Crippen LogP contribution in [0, 0.1) is 5.41 Å². The average Bonchev–Trinajstić information content (AvgIpc) is 2.99. The van der Waals surface area contributed by atoms with E-state index in [1.165, 1.54) is 0 Å². The molecule has 1 unspecified atom stereocenters. The summed E-state index contributed by atoms with van der Waals surface area (Å²) < 4.78 is 3.13. The fraction of sp³-hybridized carbons (Fsp3) is 0.571. The number of nitrogens with zero attached hydrogens (tertiary/aromatic N) is 4. The van der Waals surface area contributed by atoms with Gasteiger partial charge < -0.3 is 10.6 Å². The van der Waals surface area contributed by atoms with Gasteiger partial charge in [0.2, 0.25) is 0 Å². The molecular formula is C14H21N5O. The Hall–Kier alpha value is -1.66. The number of hydrogen-bond acceptors (Lipinski definition) is 4. The van der Waals surface area contributed by atoms with Gasteiger partial charge >= 0.3 is 5.69 Å². The second-order valence-electron chi connectivity index (χ2n) is 5.98. The van der Waals surface area contributed by atoms with Crippen LogP contribution in [-0.2, 0) is 6.54 Å². The minimum atomic E-state index is -0.0682. The first-order valence-electron chi connectivity index (χ1n) is 7.08. The van der Waals surface area contributed by atoms with Gasteiger partial charge in [0.15, 0.2) is 5.65 Å². The molecule has 20 heavy (non-hydrogen) atoms. The van der Waals surface area contributed by atoms with Crippen LogP contribution >= 0.6 is 0 Å². The van der Waals surface area contributed by atoms with E-state index >= 15 is 0 Å². The Bertz CT molecular complexity index is 661. The molecule has 1 atom stereocenters. The fourth-order valence-electron chi connectivity index (χ4n) is 2.83. The molecule has 1 aliphatic rings. The standard InChI is InChI=1S/C14H21N5O/c1-14(10-15)5-7-17(11-14)8-9-19-13(20)18-6-3-2-4-12(18)16-19/h2-4,6H,5,7-11,15H2,1H3. The first-order valence-corrected chi connectivity index (χ1v) is 7.08. The average molecular weight is 275 g/mol. The van der Waals surface area contributed by atoms with Crippen LogP contribution in [0.5, 0.6) is 0 Å². The highest BCUT2D eigenvalue weighted by Crippen LogP contribution is 2.27. The molecule has 0 saturated carbocycles. The smallest absolute Gasteiger partial charge is 0.330 e. The number of pyridine rings is 1. The van der Waals surface area contributed by atoms with Crippen molar-refractivity contribution in [2.45, 2.75) is 19.9 Å². The van der Waals surface area contributed by atoms with Gasteiger partial charge in [-0.3, -0.25) is 4.40 Å². The predicted molar refractivity (Wildman–Crippen MR) is 77.7 cm³/mol. The van der Waals surface area contributed by atoms with Crippen molar-refractivity contribution in [3.8, 4) is 0 Å². The second kappa shape index (κ2) is 5.03. The second-order valence-corrected chi connectivity index (χ2v) is 5.98. The maximum atomic E-state index is 12.1. The highest BCUT2D eigenvalue weighted by Gasteiger charge is 2.32. The van der Waals surface area contributed by atoms with Crippen LogP contribution in [0.3, 0.4) is 0 Å². The van der Waals surface area contributed by atoms with Crippen LogP contribution < -0.4 is 11.4 Å². The van der Waals surface area contributed by atoms with Crippen molar-refractivity contribution in [2.24, 2.45) is 11.1 Å². The highest BCUT2D eigenvalue weighted by molar-refractivity contribution is 5.35. The van der Waals surface area contributed by atoms with Crippen molar-refractivity contribution < 1.29 is 0 Å². The maximum absolute atomic E-state index is 12.1. The molecule has 6 nitrogen and oxygen atoms in total. The Kier molecular flexibility index (Phi) is 3.35. The van der Waals surface area contributed by atoms with Gasteiger partial charge in [0.1, 0.15) is 0 Å². The largest absolute Gasteiger partial charge is 0.350 e. The SMILES string of the molecule is CC1(CN)CCN(CCn2nc3ccccn3c2=O)C1. The van der Waals surface area contributed by atoms with E-state index in [1.54, 1.807) is 15.3 Å². The molecule has 2 aromatic heterocycles. The molecule has 1 aliphatic heterocycles. The van der Waals surface area contributed by atoms with Crippen LogP contribution in [0.25, 0.3) is 5.65 Å². The van der Waals surface area contributed by atoms with Crippen molar-refractivity contribution in [3.05, 3.63) is 34.9 Å². The number of nitrogens with two attached hydrogens (primary N) is 1. The molecule has 3 rings (SSSR count). The van der Waals surface area contributed by atoms with E-state index in [1.807, 2.05) is 18.2 Å². The van der Waals surface area contributed by atoms with E-state index in [9.17, 15) is 4.79 Å². The Morgan fingerprint density at radius 1 is 1.40 bits per heavy atom. The summed E-state index contributed by atoms with van der Waals surface area (Å²) in [5.74, 6) is 0. The molecule has 0 spiro atoms. The number of hydrogen-bond donors (Lipinski definition) is 1. The van der Waals surface area contributed by atoms with Gasteiger partial charge in [-0.2, -0.15) is 0 Å². The van der Waals surface area contributed by atoms with Crippen molar-refractivity contribution in [3.63, 3.8) is 0 Å². The zero-order valence-electron chi connectivity index (χ0n) is 11.8. The summed E-state index contributed by atoms with van der Waals surface area (Å²) in [6, 6.07) is 5.58. The van der Waals surface area contributed by atoms with Gasteiger partial charge in [-0.05, 0) is 37.1 Å². The van der Waals surface area contributed by atoms with Crippen LogP contribution in [0.15, 0.2) is 29.2 Å². The van der Waals surface area contributed by atoms with E-state index in [0.29, 0.717) is 12.2 Å². The first-order chi connectivity index (χ1) is 9.61. The molecular weight excluding hydrogens is 254 g/mol. The van der Waals surface area contributed by atoms with Crippen molar-refractivity contribution in [1.82, 2.24) is 19.1 Å². The summed E-state index contributed by atoms with van der Waals surface area (Å²) >= 11 is 0. The van der Waals surface area contributed by atoms with E-state index in [4.69, 9.17) is 5.73 Å². The van der Waals surface area contributed by atoms with Gasteiger partial charge in [0.25, 0.3) is 0 Å². The van der Waals surface area contributed by atoms with Gasteiger partial charge in [0.05, 0.1) is 6.54 Å². The van der Waals surface area contributed by atoms with Crippen LogP contribution in [0.4, 0.5) is 0 Å². The van der Waals surface area contributed by atoms with Crippen molar-refractivity contribution in [2.75, 3.05) is 26.2 Å². The number of aromatic nitrogens is 3. The molecule has 108 valence electrons. The molecule has 6 heteroatoms. The maximum Gasteiger partial charge on any atom is 0.350 e. The minimum Gasteiger partial charge on any atom is -0.330 e. The van der Waals surface area contributed by atoms with Crippen LogP contribution in [0.1, 0.15) is 13.3 Å². The highest BCUT2D eigenvalue weighted by atomic mass is 16.2. The third-order valence-corrected chi connectivity index (χ3v) is 4.25. The van der Waals surface area contributed by atoms with Crippen molar-refractivity contribution in [1.29, 1.82) is 0 Å². The lowest BCUT2D eigenvalue weighted by Crippen LogP contribution is -2.34. The van der Waals surface area contributed by atoms with E-state index in [-0.39, 0.29) is 11.1 Å². The van der Waals surface area contributed by atoms with Gasteiger partial charge in [-0.1, -0.05) is 13.0 Å². The number of likely N-dealkylation sites (tertiary alicyclic amines) is 1. The molecule has 0 aromatic carbocycles. The van der Waals surface area contributed by atoms with Crippen molar-refractivity contribution >= 4 is 5.65 Å². The molecule has 0 amide bonds. The van der Waals surface area contributed by atoms with Crippen LogP contribution in [0.2, 0.25) is 0 Å².